The summed E-state index contributed by atoms with van der Waals surface area (Å²) in [7, 11) is 1.59. The number of imidazole rings is 1. The second-order valence-electron chi connectivity index (χ2n) is 7.25. The minimum atomic E-state index is -0.281. The topological polar surface area (TPSA) is 111 Å². The van der Waals surface area contributed by atoms with Crippen molar-refractivity contribution in [3.8, 4) is 6.01 Å². The van der Waals surface area contributed by atoms with Gasteiger partial charge in [-0.2, -0.15) is 9.97 Å². The van der Waals surface area contributed by atoms with Gasteiger partial charge >= 0.3 is 11.7 Å². The predicted octanol–water partition coefficient (Wildman–Crippen LogP) is 1.37. The highest BCUT2D eigenvalue weighted by Crippen LogP contribution is 2.19. The van der Waals surface area contributed by atoms with E-state index in [1.165, 1.54) is 31.5 Å². The molecule has 0 aliphatic carbocycles. The summed E-state index contributed by atoms with van der Waals surface area (Å²) in [5, 5.41) is 0. The molecule has 0 unspecified atom stereocenters. The quantitative estimate of drug-likeness (QED) is 0.551. The average Bonchev–Trinajstić information content (AvgIpc) is 3.33. The third-order valence-corrected chi connectivity index (χ3v) is 5.12. The number of benzene rings is 1. The molecule has 3 aromatic rings. The van der Waals surface area contributed by atoms with E-state index < -0.39 is 0 Å². The number of fused-ring (bicyclic) bond motifs is 1. The largest absolute Gasteiger partial charge is 0.461 e. The first kappa shape index (κ1) is 19.4. The summed E-state index contributed by atoms with van der Waals surface area (Å²) in [5.41, 5.74) is 8.84. The lowest BCUT2D eigenvalue weighted by Gasteiger charge is -2.14. The molecule has 1 saturated heterocycles. The second-order valence-corrected chi connectivity index (χ2v) is 7.25. The van der Waals surface area contributed by atoms with Crippen LogP contribution in [0.3, 0.4) is 0 Å². The van der Waals surface area contributed by atoms with Crippen LogP contribution in [0.1, 0.15) is 24.0 Å². The lowest BCUT2D eigenvalue weighted by Crippen LogP contribution is -2.19. The second kappa shape index (κ2) is 8.62. The average molecular weight is 398 g/mol. The lowest BCUT2D eigenvalue weighted by atomic mass is 10.1. The normalized spacial score (nSPS) is 14.7. The van der Waals surface area contributed by atoms with E-state index in [2.05, 4.69) is 44.1 Å². The van der Waals surface area contributed by atoms with Gasteiger partial charge in [-0.25, -0.2) is 4.79 Å². The monoisotopic (exact) mass is 398 g/mol. The number of aromatic nitrogens is 4. The summed E-state index contributed by atoms with van der Waals surface area (Å²) < 4.78 is 12.0. The standard InChI is InChI=1S/C20H26N6O3/c1-28-10-11-29-19-23-17(21)16-18(24-19)26(20(27)22-16)13-15-6-4-14(5-7-15)12-25-8-2-3-9-25/h4-7H,2-3,8-13H2,1H3,(H,22,27)(H2,21,23,24). The van der Waals surface area contributed by atoms with Gasteiger partial charge in [0.15, 0.2) is 11.5 Å². The Morgan fingerprint density at radius 1 is 1.07 bits per heavy atom. The summed E-state index contributed by atoms with van der Waals surface area (Å²) >= 11 is 0. The number of methoxy groups -OCH3 is 1. The van der Waals surface area contributed by atoms with Gasteiger partial charge in [0.1, 0.15) is 12.1 Å². The van der Waals surface area contributed by atoms with Gasteiger partial charge in [0, 0.05) is 13.7 Å². The molecule has 1 fully saturated rings. The molecular weight excluding hydrogens is 372 g/mol. The first-order valence-corrected chi connectivity index (χ1v) is 9.82. The Kier molecular flexibility index (Phi) is 5.77. The van der Waals surface area contributed by atoms with Gasteiger partial charge in [0.2, 0.25) is 0 Å². The van der Waals surface area contributed by atoms with Gasteiger partial charge in [-0.3, -0.25) is 9.47 Å². The van der Waals surface area contributed by atoms with Crippen molar-refractivity contribution < 1.29 is 9.47 Å². The first-order valence-electron chi connectivity index (χ1n) is 9.82. The van der Waals surface area contributed by atoms with Crippen LogP contribution >= 0.6 is 0 Å². The number of nitrogens with one attached hydrogen (secondary N) is 1. The van der Waals surface area contributed by atoms with E-state index in [9.17, 15) is 4.79 Å². The molecule has 154 valence electrons. The predicted molar refractivity (Wildman–Crippen MR) is 110 cm³/mol. The molecule has 0 atom stereocenters. The van der Waals surface area contributed by atoms with Gasteiger partial charge in [0.25, 0.3) is 0 Å². The van der Waals surface area contributed by atoms with E-state index >= 15 is 0 Å². The molecule has 2 aromatic heterocycles. The molecule has 0 saturated carbocycles. The first-order chi connectivity index (χ1) is 14.1. The van der Waals surface area contributed by atoms with Crippen molar-refractivity contribution in [1.82, 2.24) is 24.4 Å². The minimum absolute atomic E-state index is 0.126. The smallest absolute Gasteiger partial charge is 0.328 e. The number of likely N-dealkylation sites (tertiary alicyclic amines) is 1. The highest BCUT2D eigenvalue weighted by atomic mass is 16.5. The van der Waals surface area contributed by atoms with Crippen LogP contribution in [0.2, 0.25) is 0 Å². The third kappa shape index (κ3) is 4.41. The SMILES string of the molecule is COCCOc1nc(N)c2[nH]c(=O)n(Cc3ccc(CN4CCCC4)cc3)c2n1. The maximum Gasteiger partial charge on any atom is 0.328 e. The Bertz CT molecular complexity index is 1020. The number of nitrogens with two attached hydrogens (primary N) is 1. The van der Waals surface area contributed by atoms with E-state index in [0.717, 1.165) is 12.1 Å². The van der Waals surface area contributed by atoms with Crippen LogP contribution in [0.15, 0.2) is 29.1 Å². The number of anilines is 1. The van der Waals surface area contributed by atoms with Gasteiger partial charge in [0.05, 0.1) is 13.2 Å². The molecule has 1 aliphatic heterocycles. The Morgan fingerprint density at radius 3 is 2.45 bits per heavy atom. The summed E-state index contributed by atoms with van der Waals surface area (Å²) in [4.78, 5) is 26.1. The van der Waals surface area contributed by atoms with Crippen molar-refractivity contribution in [2.45, 2.75) is 25.9 Å². The van der Waals surface area contributed by atoms with E-state index in [4.69, 9.17) is 15.2 Å². The molecule has 29 heavy (non-hydrogen) atoms. The van der Waals surface area contributed by atoms with Crippen molar-refractivity contribution >= 4 is 17.0 Å². The summed E-state index contributed by atoms with van der Waals surface area (Å²) in [6, 6.07) is 8.47. The molecule has 3 heterocycles. The Hall–Kier alpha value is -2.91. The molecule has 1 aliphatic rings. The summed E-state index contributed by atoms with van der Waals surface area (Å²) in [5.74, 6) is 0.180. The fourth-order valence-electron chi connectivity index (χ4n) is 3.59. The maximum atomic E-state index is 12.5. The minimum Gasteiger partial charge on any atom is -0.461 e. The number of H-pyrrole nitrogens is 1. The van der Waals surface area contributed by atoms with Crippen LogP contribution in [0, 0.1) is 0 Å². The molecule has 0 amide bonds. The van der Waals surface area contributed by atoms with Gasteiger partial charge in [-0.05, 0) is 37.1 Å². The van der Waals surface area contributed by atoms with E-state index in [1.807, 2.05) is 0 Å². The van der Waals surface area contributed by atoms with Crippen molar-refractivity contribution in [1.29, 1.82) is 0 Å². The molecule has 4 rings (SSSR count). The zero-order valence-electron chi connectivity index (χ0n) is 16.6. The highest BCUT2D eigenvalue weighted by molar-refractivity contribution is 5.81. The molecule has 9 heteroatoms. The number of rotatable bonds is 8. The molecule has 3 N–H and O–H groups in total. The maximum absolute atomic E-state index is 12.5. The van der Waals surface area contributed by atoms with Crippen molar-refractivity contribution in [2.24, 2.45) is 0 Å². The van der Waals surface area contributed by atoms with Crippen LogP contribution in [-0.4, -0.2) is 57.8 Å². The molecule has 0 bridgehead atoms. The Balaban J connectivity index is 1.55. The Morgan fingerprint density at radius 2 is 1.76 bits per heavy atom. The van der Waals surface area contributed by atoms with Crippen LogP contribution in [0.25, 0.3) is 11.2 Å². The van der Waals surface area contributed by atoms with Crippen molar-refractivity contribution in [3.05, 3.63) is 45.9 Å². The van der Waals surface area contributed by atoms with E-state index in [0.29, 0.717) is 30.9 Å². The van der Waals surface area contributed by atoms with Crippen LogP contribution in [0.4, 0.5) is 5.82 Å². The number of nitrogen functional groups attached to an aromatic ring is 1. The zero-order valence-corrected chi connectivity index (χ0v) is 16.6. The fourth-order valence-corrected chi connectivity index (χ4v) is 3.59. The molecule has 9 nitrogen and oxygen atoms in total. The van der Waals surface area contributed by atoms with Crippen LogP contribution in [0.5, 0.6) is 6.01 Å². The molecule has 0 spiro atoms. The Labute approximate surface area is 168 Å². The zero-order chi connectivity index (χ0) is 20.2. The summed E-state index contributed by atoms with van der Waals surface area (Å²) in [6.45, 7) is 4.40. The lowest BCUT2D eigenvalue weighted by molar-refractivity contribution is 0.141. The number of hydrogen-bond acceptors (Lipinski definition) is 7. The number of nitrogens with zero attached hydrogens (tertiary/aromatic N) is 4. The summed E-state index contributed by atoms with van der Waals surface area (Å²) in [6.07, 6.45) is 2.56. The van der Waals surface area contributed by atoms with Gasteiger partial charge in [-0.15, -0.1) is 0 Å². The van der Waals surface area contributed by atoms with Crippen molar-refractivity contribution in [2.75, 3.05) is 39.1 Å². The van der Waals surface area contributed by atoms with Crippen LogP contribution in [-0.2, 0) is 17.8 Å². The van der Waals surface area contributed by atoms with Crippen molar-refractivity contribution in [3.63, 3.8) is 0 Å². The number of hydrogen-bond donors (Lipinski definition) is 2. The molecule has 1 aromatic carbocycles. The van der Waals surface area contributed by atoms with Gasteiger partial charge < -0.3 is 20.2 Å². The fraction of sp³-hybridized carbons (Fsp3) is 0.450. The van der Waals surface area contributed by atoms with Gasteiger partial charge in [-0.1, -0.05) is 24.3 Å². The number of aromatic amines is 1. The number of ether oxygens (including phenoxy) is 2. The van der Waals surface area contributed by atoms with E-state index in [-0.39, 0.29) is 17.5 Å². The van der Waals surface area contributed by atoms with E-state index in [1.54, 1.807) is 11.7 Å². The van der Waals surface area contributed by atoms with Crippen LogP contribution < -0.4 is 16.2 Å². The molecular formula is C20H26N6O3. The molecule has 0 radical (unpaired) electrons. The third-order valence-electron chi connectivity index (χ3n) is 5.12. The highest BCUT2D eigenvalue weighted by Gasteiger charge is 2.15.